The molecule has 0 radical (unpaired) electrons. The van der Waals surface area contributed by atoms with Crippen LogP contribution in [0.4, 0.5) is 0 Å². The van der Waals surface area contributed by atoms with Gasteiger partial charge in [0.2, 0.25) is 0 Å². The molecule has 3 aromatic rings. The normalized spacial score (nSPS) is 15.0. The van der Waals surface area contributed by atoms with E-state index in [2.05, 4.69) is 75.1 Å². The molecule has 1 aromatic heterocycles. The molecule has 0 amide bonds. The Bertz CT molecular complexity index is 841. The van der Waals surface area contributed by atoms with Crippen molar-refractivity contribution in [2.75, 3.05) is 19.6 Å². The first kappa shape index (κ1) is 17.5. The van der Waals surface area contributed by atoms with Crippen LogP contribution in [0.1, 0.15) is 23.5 Å². The van der Waals surface area contributed by atoms with Gasteiger partial charge in [-0.2, -0.15) is 0 Å². The highest BCUT2D eigenvalue weighted by Crippen LogP contribution is 2.24. The van der Waals surface area contributed by atoms with Gasteiger partial charge in [-0.25, -0.2) is 4.98 Å². The molecule has 1 unspecified atom stereocenters. The fourth-order valence-electron chi connectivity index (χ4n) is 3.80. The Morgan fingerprint density at radius 2 is 1.74 bits per heavy atom. The summed E-state index contributed by atoms with van der Waals surface area (Å²) in [6.45, 7) is 3.85. The number of benzene rings is 2. The van der Waals surface area contributed by atoms with Gasteiger partial charge in [-0.1, -0.05) is 60.7 Å². The highest BCUT2D eigenvalue weighted by Gasteiger charge is 2.26. The lowest BCUT2D eigenvalue weighted by Gasteiger charge is -2.27. The van der Waals surface area contributed by atoms with E-state index in [9.17, 15) is 0 Å². The van der Waals surface area contributed by atoms with Crippen molar-refractivity contribution in [2.45, 2.75) is 25.3 Å². The third kappa shape index (κ3) is 4.45. The van der Waals surface area contributed by atoms with Crippen LogP contribution in [0.5, 0.6) is 0 Å². The number of rotatable bonds is 8. The molecular formula is C23H26N4. The molecule has 4 nitrogen and oxygen atoms in total. The first-order chi connectivity index (χ1) is 13.4. The summed E-state index contributed by atoms with van der Waals surface area (Å²) in [5.74, 6) is 1.49. The van der Waals surface area contributed by atoms with E-state index in [-0.39, 0.29) is 5.92 Å². The van der Waals surface area contributed by atoms with Gasteiger partial charge in [0.1, 0.15) is 5.84 Å². The maximum atomic E-state index is 4.91. The molecule has 4 heteroatoms. The van der Waals surface area contributed by atoms with E-state index in [1.807, 2.05) is 18.7 Å². The number of nitrogens with zero attached hydrogens (tertiary/aromatic N) is 4. The number of aromatic nitrogens is 2. The average Bonchev–Trinajstić information content (AvgIpc) is 3.40. The summed E-state index contributed by atoms with van der Waals surface area (Å²) in [4.78, 5) is 11.6. The lowest BCUT2D eigenvalue weighted by atomic mass is 9.96. The summed E-state index contributed by atoms with van der Waals surface area (Å²) >= 11 is 0. The van der Waals surface area contributed by atoms with Crippen LogP contribution in [0.2, 0.25) is 0 Å². The van der Waals surface area contributed by atoms with Gasteiger partial charge in [0, 0.05) is 32.0 Å². The second-order valence-corrected chi connectivity index (χ2v) is 7.04. The Morgan fingerprint density at radius 3 is 2.48 bits per heavy atom. The zero-order valence-electron chi connectivity index (χ0n) is 15.6. The van der Waals surface area contributed by atoms with Crippen LogP contribution >= 0.6 is 0 Å². The first-order valence-corrected chi connectivity index (χ1v) is 9.74. The zero-order chi connectivity index (χ0) is 18.3. The van der Waals surface area contributed by atoms with E-state index in [1.165, 1.54) is 17.0 Å². The van der Waals surface area contributed by atoms with Crippen LogP contribution in [-0.2, 0) is 13.0 Å². The number of imidazole rings is 1. The molecule has 0 aliphatic carbocycles. The van der Waals surface area contributed by atoms with E-state index < -0.39 is 0 Å². The van der Waals surface area contributed by atoms with E-state index in [4.69, 9.17) is 4.99 Å². The fourth-order valence-corrected chi connectivity index (χ4v) is 3.80. The number of hydrogen-bond acceptors (Lipinski definition) is 3. The molecule has 138 valence electrons. The van der Waals surface area contributed by atoms with Gasteiger partial charge in [-0.15, -0.1) is 0 Å². The van der Waals surface area contributed by atoms with Crippen LogP contribution in [0.15, 0.2) is 84.4 Å². The SMILES string of the molecule is c1ccc(CCCN2CCN=C2C(Cn2ccnc2)c2ccccc2)cc1. The van der Waals surface area contributed by atoms with Gasteiger partial charge >= 0.3 is 0 Å². The predicted molar refractivity (Wildman–Crippen MR) is 110 cm³/mol. The maximum Gasteiger partial charge on any atom is 0.108 e. The van der Waals surface area contributed by atoms with Gasteiger partial charge in [0.15, 0.2) is 0 Å². The van der Waals surface area contributed by atoms with Crippen molar-refractivity contribution in [3.8, 4) is 0 Å². The van der Waals surface area contributed by atoms with Crippen LogP contribution in [0.25, 0.3) is 0 Å². The molecule has 0 spiro atoms. The summed E-state index contributed by atoms with van der Waals surface area (Å²) in [5, 5.41) is 0. The van der Waals surface area contributed by atoms with Gasteiger partial charge in [0.05, 0.1) is 18.8 Å². The monoisotopic (exact) mass is 358 g/mol. The second kappa shape index (κ2) is 8.67. The van der Waals surface area contributed by atoms with E-state index >= 15 is 0 Å². The number of aryl methyl sites for hydroxylation is 1. The quantitative estimate of drug-likeness (QED) is 0.609. The Labute approximate surface area is 161 Å². The van der Waals surface area contributed by atoms with Gasteiger partial charge in [0.25, 0.3) is 0 Å². The van der Waals surface area contributed by atoms with Gasteiger partial charge in [-0.05, 0) is 24.0 Å². The Morgan fingerprint density at radius 1 is 0.963 bits per heavy atom. The van der Waals surface area contributed by atoms with Crippen molar-refractivity contribution < 1.29 is 0 Å². The first-order valence-electron chi connectivity index (χ1n) is 9.74. The van der Waals surface area contributed by atoms with Crippen LogP contribution in [-0.4, -0.2) is 39.9 Å². The summed E-state index contributed by atoms with van der Waals surface area (Å²) < 4.78 is 2.15. The molecule has 0 saturated heterocycles. The van der Waals surface area contributed by atoms with Crippen molar-refractivity contribution in [3.63, 3.8) is 0 Å². The molecule has 2 heterocycles. The van der Waals surface area contributed by atoms with E-state index in [0.717, 1.165) is 39.0 Å². The maximum absolute atomic E-state index is 4.91. The van der Waals surface area contributed by atoms with Crippen molar-refractivity contribution >= 4 is 5.84 Å². The summed E-state index contributed by atoms with van der Waals surface area (Å²) in [6.07, 6.45) is 8.03. The third-order valence-corrected chi connectivity index (χ3v) is 5.17. The molecular weight excluding hydrogens is 332 g/mol. The smallest absolute Gasteiger partial charge is 0.108 e. The summed E-state index contributed by atoms with van der Waals surface area (Å²) in [7, 11) is 0. The minimum Gasteiger partial charge on any atom is -0.358 e. The molecule has 0 saturated carbocycles. The number of aliphatic imine (C=N–C) groups is 1. The van der Waals surface area contributed by atoms with Crippen molar-refractivity contribution in [1.82, 2.24) is 14.5 Å². The third-order valence-electron chi connectivity index (χ3n) is 5.17. The molecule has 0 fully saturated rings. The lowest BCUT2D eigenvalue weighted by molar-refractivity contribution is 0.427. The predicted octanol–water partition coefficient (Wildman–Crippen LogP) is 4.01. The second-order valence-electron chi connectivity index (χ2n) is 7.04. The largest absolute Gasteiger partial charge is 0.358 e. The molecule has 2 aromatic carbocycles. The molecule has 0 bridgehead atoms. The Balaban J connectivity index is 1.46. The molecule has 1 atom stereocenters. The number of amidine groups is 1. The molecule has 27 heavy (non-hydrogen) atoms. The molecule has 1 aliphatic rings. The summed E-state index contributed by atoms with van der Waals surface area (Å²) in [6, 6.07) is 21.5. The average molecular weight is 358 g/mol. The standard InChI is InChI=1S/C23H26N4/c1-3-8-20(9-4-1)10-7-15-27-17-14-25-23(27)22(18-26-16-13-24-19-26)21-11-5-2-6-12-21/h1-6,8-9,11-13,16,19,22H,7,10,14-15,17-18H2. The van der Waals surface area contributed by atoms with Gasteiger partial charge in [-0.3, -0.25) is 4.99 Å². The Kier molecular flexibility index (Phi) is 5.63. The number of hydrogen-bond donors (Lipinski definition) is 0. The lowest BCUT2D eigenvalue weighted by Crippen LogP contribution is -2.34. The fraction of sp³-hybridized carbons (Fsp3) is 0.304. The molecule has 1 aliphatic heterocycles. The van der Waals surface area contributed by atoms with Crippen molar-refractivity contribution in [2.24, 2.45) is 4.99 Å². The Hall–Kier alpha value is -2.88. The van der Waals surface area contributed by atoms with Crippen LogP contribution in [0.3, 0.4) is 0 Å². The van der Waals surface area contributed by atoms with E-state index in [0.29, 0.717) is 0 Å². The minimum atomic E-state index is 0.264. The van der Waals surface area contributed by atoms with E-state index in [1.54, 1.807) is 0 Å². The zero-order valence-corrected chi connectivity index (χ0v) is 15.6. The topological polar surface area (TPSA) is 33.4 Å². The van der Waals surface area contributed by atoms with Crippen molar-refractivity contribution in [1.29, 1.82) is 0 Å². The van der Waals surface area contributed by atoms with Crippen LogP contribution in [0, 0.1) is 0 Å². The van der Waals surface area contributed by atoms with Crippen molar-refractivity contribution in [3.05, 3.63) is 90.5 Å². The van der Waals surface area contributed by atoms with Gasteiger partial charge < -0.3 is 9.47 Å². The summed E-state index contributed by atoms with van der Waals surface area (Å²) in [5.41, 5.74) is 2.73. The highest BCUT2D eigenvalue weighted by atomic mass is 15.2. The minimum absolute atomic E-state index is 0.264. The molecule has 4 rings (SSSR count). The molecule has 0 N–H and O–H groups in total. The highest BCUT2D eigenvalue weighted by molar-refractivity contribution is 5.90. The van der Waals surface area contributed by atoms with Crippen LogP contribution < -0.4 is 0 Å².